The number of thiocarbonyl (C=S) groups is 1. The highest BCUT2D eigenvalue weighted by atomic mass is 35.5. The summed E-state index contributed by atoms with van der Waals surface area (Å²) in [5, 5.41) is 16.1. The van der Waals surface area contributed by atoms with Gasteiger partial charge in [0.25, 0.3) is 5.91 Å². The van der Waals surface area contributed by atoms with Crippen molar-refractivity contribution in [2.24, 2.45) is 0 Å². The normalized spacial score (nSPS) is 11.6. The van der Waals surface area contributed by atoms with Crippen LogP contribution in [0.5, 0.6) is 5.75 Å². The van der Waals surface area contributed by atoms with Crippen LogP contribution in [-0.2, 0) is 0 Å². The van der Waals surface area contributed by atoms with Crippen LogP contribution in [-0.4, -0.2) is 16.1 Å². The number of hydrogen-bond donors (Lipinski definition) is 3. The van der Waals surface area contributed by atoms with Gasteiger partial charge >= 0.3 is 0 Å². The van der Waals surface area contributed by atoms with Gasteiger partial charge in [-0.3, -0.25) is 10.1 Å². The Hall–Kier alpha value is -2.11. The Morgan fingerprint density at radius 3 is 2.54 bits per heavy atom. The molecule has 0 heterocycles. The second-order valence-corrected chi connectivity index (χ2v) is 6.35. The van der Waals surface area contributed by atoms with Crippen LogP contribution in [0.4, 0.5) is 5.69 Å². The number of phenolic OH excluding ortho intramolecular Hbond substituents is 1. The topological polar surface area (TPSA) is 61.4 Å². The fraction of sp³-hybridized carbons (Fsp3) is 0.222. The first kappa shape index (κ1) is 18.2. The van der Waals surface area contributed by atoms with Crippen molar-refractivity contribution in [3.63, 3.8) is 0 Å². The lowest BCUT2D eigenvalue weighted by Crippen LogP contribution is -2.34. The average Bonchev–Trinajstić information content (AvgIpc) is 2.56. The number of halogens is 1. The summed E-state index contributed by atoms with van der Waals surface area (Å²) in [5.41, 5.74) is 2.00. The van der Waals surface area contributed by atoms with Gasteiger partial charge in [-0.25, -0.2) is 0 Å². The second-order valence-electron chi connectivity index (χ2n) is 5.50. The maximum atomic E-state index is 12.1. The first-order valence-electron chi connectivity index (χ1n) is 7.61. The van der Waals surface area contributed by atoms with E-state index < -0.39 is 0 Å². The molecule has 2 aromatic rings. The molecule has 4 nitrogen and oxygen atoms in total. The summed E-state index contributed by atoms with van der Waals surface area (Å²) in [6, 6.07) is 11.8. The SMILES string of the molecule is CC[C@H](C)c1ccc(O)c(NC(=S)NC(=O)c2ccc(Cl)cc2)c1. The number of amides is 1. The molecule has 6 heteroatoms. The minimum Gasteiger partial charge on any atom is -0.506 e. The number of phenols is 1. The largest absolute Gasteiger partial charge is 0.506 e. The lowest BCUT2D eigenvalue weighted by Gasteiger charge is -2.14. The number of rotatable bonds is 4. The molecule has 0 spiro atoms. The number of hydrogen-bond acceptors (Lipinski definition) is 3. The van der Waals surface area contributed by atoms with Crippen LogP contribution in [0.1, 0.15) is 42.1 Å². The molecular weight excluding hydrogens is 344 g/mol. The van der Waals surface area contributed by atoms with Crippen LogP contribution in [0.3, 0.4) is 0 Å². The molecule has 2 rings (SSSR count). The molecule has 126 valence electrons. The zero-order valence-electron chi connectivity index (χ0n) is 13.5. The van der Waals surface area contributed by atoms with Crippen LogP contribution in [0, 0.1) is 0 Å². The van der Waals surface area contributed by atoms with E-state index in [-0.39, 0.29) is 16.8 Å². The number of anilines is 1. The van der Waals surface area contributed by atoms with Crippen molar-refractivity contribution >= 4 is 40.5 Å². The molecule has 3 N–H and O–H groups in total. The summed E-state index contributed by atoms with van der Waals surface area (Å²) < 4.78 is 0. The van der Waals surface area contributed by atoms with Crippen LogP contribution >= 0.6 is 23.8 Å². The summed E-state index contributed by atoms with van der Waals surface area (Å²) in [4.78, 5) is 12.1. The summed E-state index contributed by atoms with van der Waals surface area (Å²) in [5.74, 6) is 0.0928. The summed E-state index contributed by atoms with van der Waals surface area (Å²) in [6.45, 7) is 4.21. The van der Waals surface area contributed by atoms with Crippen LogP contribution in [0.15, 0.2) is 42.5 Å². The molecule has 0 unspecified atom stereocenters. The fourth-order valence-electron chi connectivity index (χ4n) is 2.13. The quantitative estimate of drug-likeness (QED) is 0.545. The molecule has 1 atom stereocenters. The summed E-state index contributed by atoms with van der Waals surface area (Å²) >= 11 is 11.0. The van der Waals surface area contributed by atoms with E-state index >= 15 is 0 Å². The Labute approximate surface area is 151 Å². The van der Waals surface area contributed by atoms with Gasteiger partial charge in [0.1, 0.15) is 5.75 Å². The van der Waals surface area contributed by atoms with Gasteiger partial charge in [-0.1, -0.05) is 31.5 Å². The van der Waals surface area contributed by atoms with Gasteiger partial charge in [-0.15, -0.1) is 0 Å². The molecule has 0 saturated heterocycles. The maximum Gasteiger partial charge on any atom is 0.257 e. The highest BCUT2D eigenvalue weighted by Gasteiger charge is 2.11. The monoisotopic (exact) mass is 362 g/mol. The molecule has 0 radical (unpaired) electrons. The average molecular weight is 363 g/mol. The molecule has 24 heavy (non-hydrogen) atoms. The Kier molecular flexibility index (Phi) is 6.17. The minimum atomic E-state index is -0.346. The van der Waals surface area contributed by atoms with Gasteiger partial charge in [-0.05, 0) is 66.5 Å². The number of nitrogens with one attached hydrogen (secondary N) is 2. The lowest BCUT2D eigenvalue weighted by atomic mass is 9.98. The van der Waals surface area contributed by atoms with E-state index in [1.165, 1.54) is 0 Å². The Bertz CT molecular complexity index is 747. The molecule has 0 aliphatic heterocycles. The van der Waals surface area contributed by atoms with Gasteiger partial charge in [0, 0.05) is 10.6 Å². The molecule has 0 saturated carbocycles. The molecule has 0 aromatic heterocycles. The van der Waals surface area contributed by atoms with Crippen molar-refractivity contribution < 1.29 is 9.90 Å². The van der Waals surface area contributed by atoms with Crippen molar-refractivity contribution in [3.8, 4) is 5.75 Å². The number of aromatic hydroxyl groups is 1. The minimum absolute atomic E-state index is 0.0742. The van der Waals surface area contributed by atoms with Gasteiger partial charge in [-0.2, -0.15) is 0 Å². The first-order valence-corrected chi connectivity index (χ1v) is 8.40. The third kappa shape index (κ3) is 4.69. The molecule has 2 aromatic carbocycles. The first-order chi connectivity index (χ1) is 11.4. The Morgan fingerprint density at radius 2 is 1.92 bits per heavy atom. The summed E-state index contributed by atoms with van der Waals surface area (Å²) in [7, 11) is 0. The van der Waals surface area contributed by atoms with E-state index in [1.807, 2.05) is 12.1 Å². The number of carbonyl (C=O) groups is 1. The van der Waals surface area contributed by atoms with Crippen molar-refractivity contribution in [1.82, 2.24) is 5.32 Å². The van der Waals surface area contributed by atoms with Crippen LogP contribution in [0.2, 0.25) is 5.02 Å². The maximum absolute atomic E-state index is 12.1. The number of carbonyl (C=O) groups excluding carboxylic acids is 1. The van der Waals surface area contributed by atoms with E-state index in [0.717, 1.165) is 12.0 Å². The van der Waals surface area contributed by atoms with Crippen molar-refractivity contribution in [1.29, 1.82) is 0 Å². The molecule has 1 amide bonds. The highest BCUT2D eigenvalue weighted by Crippen LogP contribution is 2.29. The van der Waals surface area contributed by atoms with Crippen molar-refractivity contribution in [2.45, 2.75) is 26.2 Å². The van der Waals surface area contributed by atoms with Gasteiger partial charge in [0.2, 0.25) is 0 Å². The zero-order chi connectivity index (χ0) is 17.7. The molecular formula is C18H19ClN2O2S. The van der Waals surface area contributed by atoms with Crippen molar-refractivity contribution in [2.75, 3.05) is 5.32 Å². The highest BCUT2D eigenvalue weighted by molar-refractivity contribution is 7.80. The van der Waals surface area contributed by atoms with E-state index in [0.29, 0.717) is 22.2 Å². The molecule has 0 fully saturated rings. The van der Waals surface area contributed by atoms with Gasteiger partial charge in [0.05, 0.1) is 5.69 Å². The zero-order valence-corrected chi connectivity index (χ0v) is 15.0. The van der Waals surface area contributed by atoms with E-state index in [1.54, 1.807) is 30.3 Å². The molecule has 0 aliphatic rings. The predicted molar refractivity (Wildman–Crippen MR) is 102 cm³/mol. The third-order valence-corrected chi connectivity index (χ3v) is 4.24. The lowest BCUT2D eigenvalue weighted by molar-refractivity contribution is 0.0977. The Morgan fingerprint density at radius 1 is 1.25 bits per heavy atom. The van der Waals surface area contributed by atoms with Crippen molar-refractivity contribution in [3.05, 3.63) is 58.6 Å². The van der Waals surface area contributed by atoms with Gasteiger partial charge in [0.15, 0.2) is 5.11 Å². The summed E-state index contributed by atoms with van der Waals surface area (Å²) in [6.07, 6.45) is 0.988. The van der Waals surface area contributed by atoms with E-state index in [2.05, 4.69) is 24.5 Å². The smallest absolute Gasteiger partial charge is 0.257 e. The van der Waals surface area contributed by atoms with Gasteiger partial charge < -0.3 is 10.4 Å². The number of benzene rings is 2. The van der Waals surface area contributed by atoms with E-state index in [9.17, 15) is 9.90 Å². The van der Waals surface area contributed by atoms with Crippen LogP contribution < -0.4 is 10.6 Å². The molecule has 0 aliphatic carbocycles. The predicted octanol–water partition coefficient (Wildman–Crippen LogP) is 4.69. The molecule has 0 bridgehead atoms. The third-order valence-electron chi connectivity index (χ3n) is 3.78. The fourth-order valence-corrected chi connectivity index (χ4v) is 2.45. The van der Waals surface area contributed by atoms with E-state index in [4.69, 9.17) is 23.8 Å². The second kappa shape index (κ2) is 8.13. The standard InChI is InChI=1S/C18H19ClN2O2S/c1-3-11(2)13-6-9-16(22)15(10-13)20-18(24)21-17(23)12-4-7-14(19)8-5-12/h4-11,22H,3H2,1-2H3,(H2,20,21,23,24)/t11-/m0/s1. The van der Waals surface area contributed by atoms with Crippen LogP contribution in [0.25, 0.3) is 0 Å². The Balaban J connectivity index is 2.06.